The lowest BCUT2D eigenvalue weighted by molar-refractivity contribution is 0.867. The number of hydrogen-bond acceptors (Lipinski definition) is 2. The van der Waals surface area contributed by atoms with E-state index in [1.165, 1.54) is 0 Å². The Labute approximate surface area is 134 Å². The van der Waals surface area contributed by atoms with Crippen LogP contribution in [0.2, 0.25) is 5.15 Å². The van der Waals surface area contributed by atoms with Crippen molar-refractivity contribution in [2.75, 3.05) is 0 Å². The topological polar surface area (TPSA) is 25.8 Å². The highest BCUT2D eigenvalue weighted by Crippen LogP contribution is 2.29. The molecule has 0 aliphatic carbocycles. The zero-order valence-corrected chi connectivity index (χ0v) is 14.6. The van der Waals surface area contributed by atoms with Gasteiger partial charge in [-0.1, -0.05) is 40.9 Å². The minimum Gasteiger partial charge on any atom is -0.232 e. The SMILES string of the molecule is CCCc1nc(-c2ccc(Br)cc2C)nc(Cl)c1Br. The van der Waals surface area contributed by atoms with Crippen molar-refractivity contribution in [2.45, 2.75) is 26.7 Å². The number of halogens is 3. The van der Waals surface area contributed by atoms with Gasteiger partial charge in [0.05, 0.1) is 10.2 Å². The molecule has 0 bridgehead atoms. The minimum absolute atomic E-state index is 0.468. The standard InChI is InChI=1S/C14H13Br2ClN2/c1-3-4-11-12(16)13(17)19-14(18-11)10-6-5-9(15)7-8(10)2/h5-7H,3-4H2,1-2H3. The summed E-state index contributed by atoms with van der Waals surface area (Å²) in [5, 5.41) is 0.468. The van der Waals surface area contributed by atoms with Crippen LogP contribution in [0.3, 0.4) is 0 Å². The molecule has 0 radical (unpaired) electrons. The third-order valence-corrected chi connectivity index (χ3v) is 4.62. The van der Waals surface area contributed by atoms with Crippen molar-refractivity contribution in [1.82, 2.24) is 9.97 Å². The molecule has 0 N–H and O–H groups in total. The molecule has 0 saturated carbocycles. The molecule has 0 spiro atoms. The van der Waals surface area contributed by atoms with Gasteiger partial charge in [0.1, 0.15) is 5.15 Å². The number of aromatic nitrogens is 2. The summed E-state index contributed by atoms with van der Waals surface area (Å²) in [5.41, 5.74) is 3.09. The molecular weight excluding hydrogens is 391 g/mol. The monoisotopic (exact) mass is 402 g/mol. The van der Waals surface area contributed by atoms with E-state index < -0.39 is 0 Å². The molecule has 2 aromatic rings. The molecule has 2 rings (SSSR count). The summed E-state index contributed by atoms with van der Waals surface area (Å²) in [5.74, 6) is 0.682. The maximum absolute atomic E-state index is 6.18. The van der Waals surface area contributed by atoms with E-state index in [4.69, 9.17) is 11.6 Å². The molecule has 0 atom stereocenters. The predicted octanol–water partition coefficient (Wildman–Crippen LogP) is 5.58. The van der Waals surface area contributed by atoms with E-state index in [0.29, 0.717) is 11.0 Å². The fourth-order valence-corrected chi connectivity index (χ4v) is 2.90. The summed E-state index contributed by atoms with van der Waals surface area (Å²) in [6, 6.07) is 6.05. The van der Waals surface area contributed by atoms with Crippen molar-refractivity contribution in [3.05, 3.63) is 43.6 Å². The van der Waals surface area contributed by atoms with Crippen LogP contribution in [0.25, 0.3) is 11.4 Å². The van der Waals surface area contributed by atoms with Gasteiger partial charge in [-0.25, -0.2) is 9.97 Å². The number of hydrogen-bond donors (Lipinski definition) is 0. The first kappa shape index (κ1) is 14.9. The lowest BCUT2D eigenvalue weighted by atomic mass is 10.1. The van der Waals surface area contributed by atoms with Gasteiger partial charge in [-0.05, 0) is 53.0 Å². The normalized spacial score (nSPS) is 10.8. The minimum atomic E-state index is 0.468. The van der Waals surface area contributed by atoms with Crippen molar-refractivity contribution in [2.24, 2.45) is 0 Å². The molecule has 19 heavy (non-hydrogen) atoms. The number of nitrogens with zero attached hydrogens (tertiary/aromatic N) is 2. The van der Waals surface area contributed by atoms with Gasteiger partial charge in [0, 0.05) is 10.0 Å². The van der Waals surface area contributed by atoms with Crippen molar-refractivity contribution < 1.29 is 0 Å². The Bertz CT molecular complexity index is 615. The van der Waals surface area contributed by atoms with E-state index in [9.17, 15) is 0 Å². The molecule has 0 fully saturated rings. The molecule has 1 aromatic carbocycles. The molecule has 2 nitrogen and oxygen atoms in total. The fraction of sp³-hybridized carbons (Fsp3) is 0.286. The van der Waals surface area contributed by atoms with E-state index >= 15 is 0 Å². The first-order chi connectivity index (χ1) is 9.02. The number of benzene rings is 1. The van der Waals surface area contributed by atoms with Crippen LogP contribution in [0.4, 0.5) is 0 Å². The molecule has 0 unspecified atom stereocenters. The second kappa shape index (κ2) is 6.33. The van der Waals surface area contributed by atoms with Gasteiger partial charge in [0.15, 0.2) is 5.82 Å². The van der Waals surface area contributed by atoms with Crippen LogP contribution in [-0.2, 0) is 6.42 Å². The average molecular weight is 405 g/mol. The molecule has 0 aliphatic rings. The second-order valence-electron chi connectivity index (χ2n) is 4.31. The average Bonchev–Trinajstić information content (AvgIpc) is 2.35. The quantitative estimate of drug-likeness (QED) is 0.624. The van der Waals surface area contributed by atoms with Crippen LogP contribution >= 0.6 is 43.5 Å². The van der Waals surface area contributed by atoms with Crippen LogP contribution in [0.15, 0.2) is 27.1 Å². The highest BCUT2D eigenvalue weighted by molar-refractivity contribution is 9.10. The Morgan fingerprint density at radius 2 is 1.95 bits per heavy atom. The third-order valence-electron chi connectivity index (χ3n) is 2.80. The predicted molar refractivity (Wildman–Crippen MR) is 86.6 cm³/mol. The molecule has 100 valence electrons. The second-order valence-corrected chi connectivity index (χ2v) is 6.37. The highest BCUT2D eigenvalue weighted by Gasteiger charge is 2.13. The lowest BCUT2D eigenvalue weighted by Crippen LogP contribution is -1.99. The smallest absolute Gasteiger partial charge is 0.161 e. The number of rotatable bonds is 3. The Hall–Kier alpha value is -0.450. The van der Waals surface area contributed by atoms with Gasteiger partial charge < -0.3 is 0 Å². The first-order valence-corrected chi connectivity index (χ1v) is 7.97. The molecular formula is C14H13Br2ClN2. The van der Waals surface area contributed by atoms with Crippen molar-refractivity contribution in [3.63, 3.8) is 0 Å². The first-order valence-electron chi connectivity index (χ1n) is 6.01. The molecule has 0 amide bonds. The van der Waals surface area contributed by atoms with Crippen molar-refractivity contribution >= 4 is 43.5 Å². The van der Waals surface area contributed by atoms with Gasteiger partial charge in [0.2, 0.25) is 0 Å². The van der Waals surface area contributed by atoms with Gasteiger partial charge in [-0.3, -0.25) is 0 Å². The van der Waals surface area contributed by atoms with Crippen LogP contribution < -0.4 is 0 Å². The Morgan fingerprint density at radius 3 is 2.58 bits per heavy atom. The number of aryl methyl sites for hydroxylation is 2. The van der Waals surface area contributed by atoms with Gasteiger partial charge >= 0.3 is 0 Å². The Morgan fingerprint density at radius 1 is 1.21 bits per heavy atom. The van der Waals surface area contributed by atoms with Crippen LogP contribution in [0, 0.1) is 6.92 Å². The molecule has 0 saturated heterocycles. The maximum atomic E-state index is 6.18. The third kappa shape index (κ3) is 3.36. The summed E-state index contributed by atoms with van der Waals surface area (Å²) in [7, 11) is 0. The highest BCUT2D eigenvalue weighted by atomic mass is 79.9. The summed E-state index contributed by atoms with van der Waals surface area (Å²) >= 11 is 13.1. The van der Waals surface area contributed by atoms with Gasteiger partial charge in [-0.15, -0.1) is 0 Å². The summed E-state index contributed by atoms with van der Waals surface area (Å²) < 4.78 is 1.85. The van der Waals surface area contributed by atoms with E-state index in [2.05, 4.69) is 48.8 Å². The summed E-state index contributed by atoms with van der Waals surface area (Å²) in [6.07, 6.45) is 1.90. The summed E-state index contributed by atoms with van der Waals surface area (Å²) in [6.45, 7) is 4.16. The van der Waals surface area contributed by atoms with Gasteiger partial charge in [0.25, 0.3) is 0 Å². The summed E-state index contributed by atoms with van der Waals surface area (Å²) in [4.78, 5) is 8.99. The molecule has 0 aliphatic heterocycles. The van der Waals surface area contributed by atoms with E-state index in [1.807, 2.05) is 25.1 Å². The molecule has 1 aromatic heterocycles. The largest absolute Gasteiger partial charge is 0.232 e. The van der Waals surface area contributed by atoms with Crippen LogP contribution in [-0.4, -0.2) is 9.97 Å². The van der Waals surface area contributed by atoms with E-state index in [0.717, 1.165) is 38.6 Å². The van der Waals surface area contributed by atoms with Crippen LogP contribution in [0.5, 0.6) is 0 Å². The molecule has 5 heteroatoms. The van der Waals surface area contributed by atoms with Crippen LogP contribution in [0.1, 0.15) is 24.6 Å². The zero-order chi connectivity index (χ0) is 14.0. The van der Waals surface area contributed by atoms with Gasteiger partial charge in [-0.2, -0.15) is 0 Å². The Balaban J connectivity index is 2.56. The fourth-order valence-electron chi connectivity index (χ4n) is 1.86. The van der Waals surface area contributed by atoms with Crippen molar-refractivity contribution in [1.29, 1.82) is 0 Å². The van der Waals surface area contributed by atoms with E-state index in [1.54, 1.807) is 0 Å². The van der Waals surface area contributed by atoms with Crippen molar-refractivity contribution in [3.8, 4) is 11.4 Å². The maximum Gasteiger partial charge on any atom is 0.161 e. The Kier molecular flexibility index (Phi) is 4.98. The molecule has 1 heterocycles. The zero-order valence-electron chi connectivity index (χ0n) is 10.7. The van der Waals surface area contributed by atoms with E-state index in [-0.39, 0.29) is 0 Å². The lowest BCUT2D eigenvalue weighted by Gasteiger charge is -2.09.